The lowest BCUT2D eigenvalue weighted by atomic mass is 10.1. The van der Waals surface area contributed by atoms with Crippen LogP contribution in [-0.4, -0.2) is 48.1 Å². The van der Waals surface area contributed by atoms with Crippen LogP contribution in [0, 0.1) is 0 Å². The molecule has 1 fully saturated rings. The fourth-order valence-electron chi connectivity index (χ4n) is 2.92. The maximum atomic E-state index is 8.59. The van der Waals surface area contributed by atoms with Crippen molar-refractivity contribution in [2.45, 2.75) is 50.3 Å². The molecule has 1 atom stereocenters. The van der Waals surface area contributed by atoms with Crippen LogP contribution in [0.2, 0.25) is 6.04 Å². The Morgan fingerprint density at radius 1 is 1.21 bits per heavy atom. The molecule has 0 aliphatic carbocycles. The third-order valence-corrected chi connectivity index (χ3v) is 8.16. The zero-order valence-electron chi connectivity index (χ0n) is 12.2. The Kier molecular flexibility index (Phi) is 9.04. The SMILES string of the molecule is CCCC1(OC)CCCC[Si]1(OC)OC.O=[SH](=O)O. The van der Waals surface area contributed by atoms with Crippen molar-refractivity contribution in [2.24, 2.45) is 0 Å². The summed E-state index contributed by atoms with van der Waals surface area (Å²) in [6.07, 6.45) is 5.70. The first-order chi connectivity index (χ1) is 8.93. The van der Waals surface area contributed by atoms with Crippen molar-refractivity contribution >= 4 is 19.5 Å². The Balaban J connectivity index is 0.000000711. The smallest absolute Gasteiger partial charge is 0.370 e. The van der Waals surface area contributed by atoms with E-state index in [2.05, 4.69) is 6.92 Å². The highest BCUT2D eigenvalue weighted by Crippen LogP contribution is 2.42. The van der Waals surface area contributed by atoms with Crippen molar-refractivity contribution in [2.75, 3.05) is 21.3 Å². The van der Waals surface area contributed by atoms with E-state index in [0.717, 1.165) is 25.3 Å². The minimum absolute atomic E-state index is 0.122. The average molecular weight is 314 g/mol. The van der Waals surface area contributed by atoms with Gasteiger partial charge in [0.05, 0.1) is 0 Å². The van der Waals surface area contributed by atoms with Crippen LogP contribution in [0.15, 0.2) is 0 Å². The van der Waals surface area contributed by atoms with Crippen LogP contribution < -0.4 is 0 Å². The van der Waals surface area contributed by atoms with Crippen LogP contribution in [0.4, 0.5) is 0 Å². The van der Waals surface area contributed by atoms with Gasteiger partial charge < -0.3 is 13.6 Å². The van der Waals surface area contributed by atoms with E-state index >= 15 is 0 Å². The molecule has 19 heavy (non-hydrogen) atoms. The third kappa shape index (κ3) is 4.80. The summed E-state index contributed by atoms with van der Waals surface area (Å²) in [6, 6.07) is 1.06. The Morgan fingerprint density at radius 3 is 2.11 bits per heavy atom. The molecule has 1 saturated heterocycles. The lowest BCUT2D eigenvalue weighted by molar-refractivity contribution is -0.0149. The number of thiol groups is 1. The molecule has 116 valence electrons. The molecule has 0 aromatic carbocycles. The summed E-state index contributed by atoms with van der Waals surface area (Å²) in [6.45, 7) is 2.19. The van der Waals surface area contributed by atoms with Crippen LogP contribution in [0.5, 0.6) is 0 Å². The molecule has 6 nitrogen and oxygen atoms in total. The number of methoxy groups -OCH3 is 1. The summed E-state index contributed by atoms with van der Waals surface area (Å²) < 4.78 is 41.6. The van der Waals surface area contributed by atoms with Crippen LogP contribution in [-0.2, 0) is 24.6 Å². The summed E-state index contributed by atoms with van der Waals surface area (Å²) in [7, 11) is 0.0969. The largest absolute Gasteiger partial charge is 0.396 e. The highest BCUT2D eigenvalue weighted by atomic mass is 32.2. The topological polar surface area (TPSA) is 82.1 Å². The van der Waals surface area contributed by atoms with Gasteiger partial charge in [0.1, 0.15) is 5.22 Å². The Morgan fingerprint density at radius 2 is 1.74 bits per heavy atom. The molecule has 0 spiro atoms. The Labute approximate surface area is 118 Å². The lowest BCUT2D eigenvalue weighted by Gasteiger charge is -2.47. The average Bonchev–Trinajstić information content (AvgIpc) is 2.39. The van der Waals surface area contributed by atoms with Gasteiger partial charge in [0, 0.05) is 21.3 Å². The van der Waals surface area contributed by atoms with Crippen molar-refractivity contribution in [3.05, 3.63) is 0 Å². The molecule has 0 radical (unpaired) electrons. The molecule has 0 saturated carbocycles. The van der Waals surface area contributed by atoms with Crippen LogP contribution in [0.25, 0.3) is 0 Å². The molecular weight excluding hydrogens is 288 g/mol. The summed E-state index contributed by atoms with van der Waals surface area (Å²) in [4.78, 5) is 0. The van der Waals surface area contributed by atoms with Gasteiger partial charge in [0.2, 0.25) is 0 Å². The van der Waals surface area contributed by atoms with E-state index in [1.54, 1.807) is 21.3 Å². The van der Waals surface area contributed by atoms with E-state index < -0.39 is 19.5 Å². The molecule has 0 bridgehead atoms. The Hall–Kier alpha value is 0.00688. The first kappa shape index (κ1) is 19.0. The van der Waals surface area contributed by atoms with E-state index in [4.69, 9.17) is 26.6 Å². The summed E-state index contributed by atoms with van der Waals surface area (Å²) >= 11 is 0. The lowest BCUT2D eigenvalue weighted by Crippen LogP contribution is -2.64. The van der Waals surface area contributed by atoms with Crippen molar-refractivity contribution in [3.63, 3.8) is 0 Å². The molecule has 1 heterocycles. The molecule has 0 amide bonds. The highest BCUT2D eigenvalue weighted by molar-refractivity contribution is 7.66. The normalized spacial score (nSPS) is 25.8. The quantitative estimate of drug-likeness (QED) is 0.457. The van der Waals surface area contributed by atoms with Gasteiger partial charge in [-0.05, 0) is 18.9 Å². The second kappa shape index (κ2) is 9.04. The number of rotatable bonds is 5. The fraction of sp³-hybridized carbons (Fsp3) is 1.00. The van der Waals surface area contributed by atoms with Gasteiger partial charge in [-0.2, -0.15) is 0 Å². The third-order valence-electron chi connectivity index (χ3n) is 3.73. The van der Waals surface area contributed by atoms with Crippen LogP contribution in [0.3, 0.4) is 0 Å². The second-order valence-electron chi connectivity index (χ2n) is 4.55. The molecule has 1 unspecified atom stereocenters. The molecule has 0 aromatic rings. The van der Waals surface area contributed by atoms with Crippen LogP contribution in [0.1, 0.15) is 39.0 Å². The van der Waals surface area contributed by atoms with Gasteiger partial charge in [-0.3, -0.25) is 4.55 Å². The first-order valence-corrected chi connectivity index (χ1v) is 9.57. The zero-order valence-corrected chi connectivity index (χ0v) is 14.1. The van der Waals surface area contributed by atoms with E-state index in [-0.39, 0.29) is 5.22 Å². The minimum Gasteiger partial charge on any atom is -0.396 e. The van der Waals surface area contributed by atoms with Crippen LogP contribution >= 0.6 is 0 Å². The summed E-state index contributed by atoms with van der Waals surface area (Å²) in [5.74, 6) is 0. The van der Waals surface area contributed by atoms with E-state index in [0.29, 0.717) is 0 Å². The second-order valence-corrected chi connectivity index (χ2v) is 8.76. The van der Waals surface area contributed by atoms with Crippen molar-refractivity contribution < 1.29 is 26.6 Å². The number of hydrogen-bond acceptors (Lipinski definition) is 5. The highest BCUT2D eigenvalue weighted by Gasteiger charge is 2.58. The molecule has 1 rings (SSSR count). The van der Waals surface area contributed by atoms with Crippen molar-refractivity contribution in [3.8, 4) is 0 Å². The zero-order chi connectivity index (χ0) is 14.9. The molecular formula is C11H26O6SSi. The maximum Gasteiger partial charge on any atom is 0.370 e. The number of ether oxygens (including phenoxy) is 1. The molecule has 8 heteroatoms. The molecule has 0 aromatic heterocycles. The minimum atomic E-state index is -3.12. The summed E-state index contributed by atoms with van der Waals surface area (Å²) in [5, 5.41) is -0.122. The molecule has 1 aliphatic heterocycles. The van der Waals surface area contributed by atoms with Gasteiger partial charge in [-0.15, -0.1) is 0 Å². The van der Waals surface area contributed by atoms with Crippen molar-refractivity contribution in [1.29, 1.82) is 0 Å². The molecule has 1 aliphatic rings. The van der Waals surface area contributed by atoms with E-state index in [1.807, 2.05) is 0 Å². The number of hydrogen-bond donors (Lipinski definition) is 2. The summed E-state index contributed by atoms with van der Waals surface area (Å²) in [5.41, 5.74) is 0. The predicted octanol–water partition coefficient (Wildman–Crippen LogP) is 1.70. The van der Waals surface area contributed by atoms with Gasteiger partial charge in [0.15, 0.2) is 0 Å². The van der Waals surface area contributed by atoms with E-state index in [9.17, 15) is 0 Å². The van der Waals surface area contributed by atoms with Gasteiger partial charge >= 0.3 is 8.56 Å². The standard InChI is InChI=1S/C11H24O3Si.H2O3S/c1-5-8-11(12-2)9-6-7-10-15(11,13-3)14-4;1-4(2)3/h5-10H2,1-4H3;4H,(H,1,2,3). The predicted molar refractivity (Wildman–Crippen MR) is 76.0 cm³/mol. The van der Waals surface area contributed by atoms with Gasteiger partial charge in [-0.25, -0.2) is 8.42 Å². The Bertz CT molecular complexity index is 306. The maximum absolute atomic E-state index is 8.59. The van der Waals surface area contributed by atoms with Crippen molar-refractivity contribution in [1.82, 2.24) is 0 Å². The van der Waals surface area contributed by atoms with E-state index in [1.165, 1.54) is 12.8 Å². The monoisotopic (exact) mass is 314 g/mol. The van der Waals surface area contributed by atoms with Gasteiger partial charge in [0.25, 0.3) is 11.0 Å². The fourth-order valence-corrected chi connectivity index (χ4v) is 6.91. The molecule has 1 N–H and O–H groups in total. The first-order valence-electron chi connectivity index (χ1n) is 6.42. The van der Waals surface area contributed by atoms with Gasteiger partial charge in [-0.1, -0.05) is 26.2 Å².